The summed E-state index contributed by atoms with van der Waals surface area (Å²) < 4.78 is 17.5. The molecular formula is C20H22Cl2N2O5. The molecule has 1 heterocycles. The zero-order valence-corrected chi connectivity index (χ0v) is 18.1. The van der Waals surface area contributed by atoms with E-state index in [4.69, 9.17) is 37.4 Å². The summed E-state index contributed by atoms with van der Waals surface area (Å²) >= 11 is 12.1. The van der Waals surface area contributed by atoms with Crippen LogP contribution in [0.1, 0.15) is 49.8 Å². The molecule has 9 heteroatoms. The molecule has 0 radical (unpaired) electrons. The van der Waals surface area contributed by atoms with Gasteiger partial charge in [0.2, 0.25) is 5.88 Å². The molecular weight excluding hydrogens is 419 g/mol. The maximum absolute atomic E-state index is 12.4. The zero-order chi connectivity index (χ0) is 21.6. The fourth-order valence-corrected chi connectivity index (χ4v) is 2.93. The van der Waals surface area contributed by atoms with Gasteiger partial charge in [-0.25, -0.2) is 14.3 Å². The molecule has 156 valence electrons. The van der Waals surface area contributed by atoms with Crippen LogP contribution in [0, 0.1) is 0 Å². The van der Waals surface area contributed by atoms with Gasteiger partial charge in [-0.1, -0.05) is 23.2 Å². The van der Waals surface area contributed by atoms with Crippen LogP contribution < -0.4 is 4.74 Å². The van der Waals surface area contributed by atoms with Crippen molar-refractivity contribution in [2.45, 2.75) is 33.7 Å². The second-order valence-electron chi connectivity index (χ2n) is 6.12. The third kappa shape index (κ3) is 5.98. The number of carbonyl (C=O) groups excluding carboxylic acids is 2. The lowest BCUT2D eigenvalue weighted by atomic mass is 10.2. The summed E-state index contributed by atoms with van der Waals surface area (Å²) in [6, 6.07) is 4.57. The van der Waals surface area contributed by atoms with Crippen molar-refractivity contribution < 1.29 is 23.8 Å². The molecule has 2 rings (SSSR count). The largest absolute Gasteiger partial charge is 0.463 e. The van der Waals surface area contributed by atoms with Gasteiger partial charge in [0, 0.05) is 16.1 Å². The van der Waals surface area contributed by atoms with Crippen LogP contribution in [0.4, 0.5) is 0 Å². The van der Waals surface area contributed by atoms with Crippen molar-refractivity contribution >= 4 is 41.2 Å². The van der Waals surface area contributed by atoms with Gasteiger partial charge in [0.1, 0.15) is 5.75 Å². The number of rotatable bonds is 8. The van der Waals surface area contributed by atoms with E-state index >= 15 is 0 Å². The third-order valence-electron chi connectivity index (χ3n) is 3.58. The first-order valence-corrected chi connectivity index (χ1v) is 9.80. The number of halogens is 2. The van der Waals surface area contributed by atoms with Gasteiger partial charge in [-0.3, -0.25) is 0 Å². The van der Waals surface area contributed by atoms with Crippen LogP contribution in [0.3, 0.4) is 0 Å². The number of esters is 2. The van der Waals surface area contributed by atoms with Gasteiger partial charge in [0.05, 0.1) is 24.8 Å². The van der Waals surface area contributed by atoms with Crippen LogP contribution in [-0.4, -0.2) is 34.9 Å². The first-order valence-electron chi connectivity index (χ1n) is 9.05. The van der Waals surface area contributed by atoms with Gasteiger partial charge < -0.3 is 14.2 Å². The Morgan fingerprint density at radius 3 is 2.28 bits per heavy atom. The average Bonchev–Trinajstić information content (AvgIpc) is 2.98. The molecule has 0 atom stereocenters. The van der Waals surface area contributed by atoms with E-state index in [0.29, 0.717) is 15.8 Å². The van der Waals surface area contributed by atoms with Crippen LogP contribution >= 0.6 is 23.2 Å². The van der Waals surface area contributed by atoms with E-state index in [1.54, 1.807) is 32.0 Å². The lowest BCUT2D eigenvalue weighted by molar-refractivity contribution is -0.137. The van der Waals surface area contributed by atoms with E-state index in [0.717, 1.165) is 0 Å². The second-order valence-corrected chi connectivity index (χ2v) is 6.99. The number of hydrogen-bond donors (Lipinski definition) is 0. The molecule has 0 aliphatic rings. The van der Waals surface area contributed by atoms with Crippen molar-refractivity contribution in [2.75, 3.05) is 13.2 Å². The maximum Gasteiger partial charge on any atom is 0.359 e. The highest BCUT2D eigenvalue weighted by atomic mass is 35.5. The molecule has 0 spiro atoms. The Labute approximate surface area is 179 Å². The monoisotopic (exact) mass is 440 g/mol. The lowest BCUT2D eigenvalue weighted by Crippen LogP contribution is -2.09. The Bertz CT molecular complexity index is 902. The predicted molar refractivity (Wildman–Crippen MR) is 111 cm³/mol. The van der Waals surface area contributed by atoms with Gasteiger partial charge >= 0.3 is 11.9 Å². The predicted octanol–water partition coefficient (Wildman–Crippen LogP) is 5.32. The minimum absolute atomic E-state index is 0.0178. The standard InChI is InChI=1S/C20H22Cl2N2O5/c1-5-27-17(25)8-7-16-18(20(26)28-6-2)23-24(12(3)4)19(16)29-15-10-13(21)9-14(22)11-15/h7-12H,5-6H2,1-4H3. The molecule has 0 unspecified atom stereocenters. The molecule has 0 N–H and O–H groups in total. The quantitative estimate of drug-likeness (QED) is 0.408. The minimum Gasteiger partial charge on any atom is -0.463 e. The summed E-state index contributed by atoms with van der Waals surface area (Å²) in [6.07, 6.45) is 2.61. The van der Waals surface area contributed by atoms with Crippen molar-refractivity contribution in [3.05, 3.63) is 45.6 Å². The number of benzene rings is 1. The normalized spacial score (nSPS) is 11.1. The van der Waals surface area contributed by atoms with Gasteiger partial charge in [-0.2, -0.15) is 5.10 Å². The smallest absolute Gasteiger partial charge is 0.359 e. The number of hydrogen-bond acceptors (Lipinski definition) is 6. The number of nitrogens with zero attached hydrogens (tertiary/aromatic N) is 2. The molecule has 0 saturated heterocycles. The van der Waals surface area contributed by atoms with E-state index in [1.165, 1.54) is 16.8 Å². The first kappa shape index (κ1) is 22.8. The van der Waals surface area contributed by atoms with Gasteiger partial charge in [0.15, 0.2) is 5.69 Å². The molecule has 0 saturated carbocycles. The highest BCUT2D eigenvalue weighted by molar-refractivity contribution is 6.34. The highest BCUT2D eigenvalue weighted by Gasteiger charge is 2.26. The van der Waals surface area contributed by atoms with Crippen molar-refractivity contribution in [1.29, 1.82) is 0 Å². The molecule has 0 fully saturated rings. The summed E-state index contributed by atoms with van der Waals surface area (Å²) in [5.74, 6) is -0.604. The lowest BCUT2D eigenvalue weighted by Gasteiger charge is -2.13. The van der Waals surface area contributed by atoms with Crippen LogP contribution in [0.25, 0.3) is 6.08 Å². The van der Waals surface area contributed by atoms with Crippen molar-refractivity contribution in [3.8, 4) is 11.6 Å². The molecule has 29 heavy (non-hydrogen) atoms. The number of ether oxygens (including phenoxy) is 3. The summed E-state index contributed by atoms with van der Waals surface area (Å²) in [4.78, 5) is 24.2. The Morgan fingerprint density at radius 2 is 1.72 bits per heavy atom. The van der Waals surface area contributed by atoms with E-state index in [-0.39, 0.29) is 36.4 Å². The molecule has 7 nitrogen and oxygen atoms in total. The highest BCUT2D eigenvalue weighted by Crippen LogP contribution is 2.34. The van der Waals surface area contributed by atoms with E-state index < -0.39 is 11.9 Å². The second kappa shape index (κ2) is 10.3. The summed E-state index contributed by atoms with van der Waals surface area (Å²) in [6.45, 7) is 7.54. The first-order chi connectivity index (χ1) is 13.8. The molecule has 0 aliphatic heterocycles. The van der Waals surface area contributed by atoms with Crippen molar-refractivity contribution in [1.82, 2.24) is 9.78 Å². The van der Waals surface area contributed by atoms with E-state index in [2.05, 4.69) is 5.10 Å². The van der Waals surface area contributed by atoms with Crippen LogP contribution in [0.2, 0.25) is 10.0 Å². The molecule has 0 bridgehead atoms. The summed E-state index contributed by atoms with van der Waals surface area (Å²) in [5.41, 5.74) is 0.297. The fourth-order valence-electron chi connectivity index (χ4n) is 2.42. The van der Waals surface area contributed by atoms with Gasteiger partial charge in [-0.05, 0) is 52.0 Å². The van der Waals surface area contributed by atoms with Crippen molar-refractivity contribution in [2.24, 2.45) is 0 Å². The zero-order valence-electron chi connectivity index (χ0n) is 16.6. The number of aromatic nitrogens is 2. The molecule has 0 aliphatic carbocycles. The summed E-state index contributed by atoms with van der Waals surface area (Å²) in [7, 11) is 0. The third-order valence-corrected chi connectivity index (χ3v) is 4.02. The Hall–Kier alpha value is -2.51. The van der Waals surface area contributed by atoms with Crippen LogP contribution in [-0.2, 0) is 14.3 Å². The van der Waals surface area contributed by atoms with Gasteiger partial charge in [-0.15, -0.1) is 0 Å². The number of carbonyl (C=O) groups is 2. The fraction of sp³-hybridized carbons (Fsp3) is 0.350. The Kier molecular flexibility index (Phi) is 8.10. The van der Waals surface area contributed by atoms with Crippen LogP contribution in [0.5, 0.6) is 11.6 Å². The minimum atomic E-state index is -0.635. The summed E-state index contributed by atoms with van der Waals surface area (Å²) in [5, 5.41) is 5.11. The molecule has 1 aromatic carbocycles. The average molecular weight is 441 g/mol. The maximum atomic E-state index is 12.4. The van der Waals surface area contributed by atoms with Gasteiger partial charge in [0.25, 0.3) is 0 Å². The van der Waals surface area contributed by atoms with Crippen LogP contribution in [0.15, 0.2) is 24.3 Å². The molecule has 0 amide bonds. The Balaban J connectivity index is 2.60. The SMILES string of the molecule is CCOC(=O)C=Cc1c(C(=O)OCC)nn(C(C)C)c1Oc1cc(Cl)cc(Cl)c1. The van der Waals surface area contributed by atoms with E-state index in [1.807, 2.05) is 13.8 Å². The molecule has 2 aromatic rings. The Morgan fingerprint density at radius 1 is 1.10 bits per heavy atom. The van der Waals surface area contributed by atoms with Crippen molar-refractivity contribution in [3.63, 3.8) is 0 Å². The van der Waals surface area contributed by atoms with E-state index in [9.17, 15) is 9.59 Å². The topological polar surface area (TPSA) is 79.7 Å². The molecule has 1 aromatic heterocycles.